The highest BCUT2D eigenvalue weighted by molar-refractivity contribution is 5.76. The van der Waals surface area contributed by atoms with Gasteiger partial charge in [-0.1, -0.05) is 71.8 Å². The Morgan fingerprint density at radius 2 is 0.700 bits per heavy atom. The molecule has 146 valence electrons. The Labute approximate surface area is 179 Å². The maximum absolute atomic E-state index is 2.61. The lowest BCUT2D eigenvalue weighted by Crippen LogP contribution is -2.08. The maximum atomic E-state index is 2.61. The van der Waals surface area contributed by atoms with E-state index in [2.05, 4.69) is 88.4 Å². The van der Waals surface area contributed by atoms with Gasteiger partial charge >= 0.3 is 0 Å². The molecule has 7 rings (SSSR count). The molecule has 4 aliphatic rings. The van der Waals surface area contributed by atoms with Gasteiger partial charge in [0.2, 0.25) is 0 Å². The smallest absolute Gasteiger partial charge is 0.0317 e. The van der Waals surface area contributed by atoms with Crippen molar-refractivity contribution in [2.45, 2.75) is 51.4 Å². The fraction of sp³-hybridized carbons (Fsp3) is 0.267. The monoisotopic (exact) mass is 386 g/mol. The Balaban J connectivity index is 1.52. The Morgan fingerprint density at radius 1 is 0.433 bits per heavy atom. The molecular formula is C30H26. The highest BCUT2D eigenvalue weighted by Crippen LogP contribution is 2.66. The predicted molar refractivity (Wildman–Crippen MR) is 123 cm³/mol. The average Bonchev–Trinajstić information content (AvgIpc) is 3.45. The molecule has 0 amide bonds. The zero-order valence-electron chi connectivity index (χ0n) is 18.1. The van der Waals surface area contributed by atoms with Gasteiger partial charge in [0.15, 0.2) is 0 Å². The molecule has 3 aromatic carbocycles. The summed E-state index contributed by atoms with van der Waals surface area (Å²) in [6.45, 7) is 9.23. The van der Waals surface area contributed by atoms with Gasteiger partial charge in [0, 0.05) is 23.7 Å². The summed E-state index contributed by atoms with van der Waals surface area (Å²) in [6.07, 6.45) is 0. The van der Waals surface area contributed by atoms with Gasteiger partial charge in [0.1, 0.15) is 0 Å². The van der Waals surface area contributed by atoms with Crippen molar-refractivity contribution in [1.82, 2.24) is 0 Å². The summed E-state index contributed by atoms with van der Waals surface area (Å²) < 4.78 is 0. The van der Waals surface area contributed by atoms with Crippen LogP contribution in [-0.2, 0) is 0 Å². The first-order valence-electron chi connectivity index (χ1n) is 11.3. The normalized spacial score (nSPS) is 25.9. The molecule has 3 aromatic rings. The molecule has 4 bridgehead atoms. The first-order valence-corrected chi connectivity index (χ1v) is 11.3. The minimum atomic E-state index is 0.459. The molecule has 0 nitrogen and oxygen atoms in total. The van der Waals surface area contributed by atoms with Crippen molar-refractivity contribution in [2.24, 2.45) is 0 Å². The molecule has 0 aliphatic heterocycles. The molecule has 0 aromatic heterocycles. The van der Waals surface area contributed by atoms with E-state index in [1.807, 2.05) is 0 Å². The lowest BCUT2D eigenvalue weighted by Gasteiger charge is -2.24. The Morgan fingerprint density at radius 3 is 0.933 bits per heavy atom. The fourth-order valence-corrected chi connectivity index (χ4v) is 7.24. The van der Waals surface area contributed by atoms with Crippen molar-refractivity contribution in [1.29, 1.82) is 0 Å². The minimum absolute atomic E-state index is 0.459. The Bertz CT molecular complexity index is 1150. The third-order valence-electron chi connectivity index (χ3n) is 8.17. The van der Waals surface area contributed by atoms with Crippen LogP contribution in [0, 0.1) is 0 Å². The maximum Gasteiger partial charge on any atom is 0.0317 e. The zero-order valence-corrected chi connectivity index (χ0v) is 18.1. The number of fused-ring (bicyclic) bond motifs is 16. The van der Waals surface area contributed by atoms with E-state index in [1.165, 1.54) is 33.4 Å². The van der Waals surface area contributed by atoms with Crippen LogP contribution in [0.4, 0.5) is 0 Å². The van der Waals surface area contributed by atoms with Gasteiger partial charge in [0.05, 0.1) is 0 Å². The predicted octanol–water partition coefficient (Wildman–Crippen LogP) is 7.54. The molecule has 4 aliphatic carbocycles. The van der Waals surface area contributed by atoms with Crippen molar-refractivity contribution < 1.29 is 0 Å². The molecule has 0 saturated heterocycles. The van der Waals surface area contributed by atoms with Gasteiger partial charge in [-0.05, 0) is 83.3 Å². The van der Waals surface area contributed by atoms with Crippen molar-refractivity contribution in [3.8, 4) is 0 Å². The fourth-order valence-electron chi connectivity index (χ4n) is 7.24. The van der Waals surface area contributed by atoms with Gasteiger partial charge in [-0.3, -0.25) is 0 Å². The van der Waals surface area contributed by atoms with Crippen LogP contribution >= 0.6 is 0 Å². The van der Waals surface area contributed by atoms with Gasteiger partial charge < -0.3 is 0 Å². The van der Waals surface area contributed by atoms with Crippen LogP contribution in [-0.4, -0.2) is 0 Å². The summed E-state index contributed by atoms with van der Waals surface area (Å²) in [6, 6.07) is 23.5. The molecule has 0 saturated carbocycles. The Hall–Kier alpha value is -2.86. The average molecular weight is 387 g/mol. The number of benzene rings is 3. The lowest BCUT2D eigenvalue weighted by molar-refractivity contribution is 0.967. The molecular weight excluding hydrogens is 360 g/mol. The quantitative estimate of drug-likeness (QED) is 0.350. The van der Waals surface area contributed by atoms with Crippen molar-refractivity contribution in [3.05, 3.63) is 127 Å². The van der Waals surface area contributed by atoms with E-state index in [-0.39, 0.29) is 0 Å². The Kier molecular flexibility index (Phi) is 3.06. The van der Waals surface area contributed by atoms with E-state index in [1.54, 1.807) is 33.4 Å². The van der Waals surface area contributed by atoms with Gasteiger partial charge in [-0.15, -0.1) is 0 Å². The van der Waals surface area contributed by atoms with Crippen LogP contribution in [0.5, 0.6) is 0 Å². The zero-order chi connectivity index (χ0) is 20.3. The largest absolute Gasteiger partial charge is 0.0753 e. The van der Waals surface area contributed by atoms with E-state index in [0.717, 1.165) is 0 Å². The van der Waals surface area contributed by atoms with Crippen molar-refractivity contribution in [2.75, 3.05) is 0 Å². The van der Waals surface area contributed by atoms with Crippen LogP contribution < -0.4 is 0 Å². The number of hydrogen-bond donors (Lipinski definition) is 0. The minimum Gasteiger partial charge on any atom is -0.0753 e. The van der Waals surface area contributed by atoms with Gasteiger partial charge in [-0.25, -0.2) is 0 Å². The van der Waals surface area contributed by atoms with E-state index in [0.29, 0.717) is 23.7 Å². The number of allylic oxidation sites excluding steroid dienone is 4. The third-order valence-corrected chi connectivity index (χ3v) is 8.17. The second kappa shape index (κ2) is 5.43. The molecule has 0 spiro atoms. The summed E-state index contributed by atoms with van der Waals surface area (Å²) in [5.74, 6) is 1.84. The van der Waals surface area contributed by atoms with Crippen LogP contribution in [0.3, 0.4) is 0 Å². The summed E-state index contributed by atoms with van der Waals surface area (Å²) in [7, 11) is 0. The third kappa shape index (κ3) is 1.76. The van der Waals surface area contributed by atoms with E-state index in [9.17, 15) is 0 Å². The lowest BCUT2D eigenvalue weighted by atomic mass is 9.79. The first kappa shape index (κ1) is 16.9. The summed E-state index contributed by atoms with van der Waals surface area (Å²) in [5, 5.41) is 0. The van der Waals surface area contributed by atoms with Crippen molar-refractivity contribution >= 4 is 0 Å². The van der Waals surface area contributed by atoms with Crippen LogP contribution in [0.15, 0.2) is 83.0 Å². The van der Waals surface area contributed by atoms with E-state index >= 15 is 0 Å². The summed E-state index contributed by atoms with van der Waals surface area (Å²) in [5.41, 5.74) is 18.7. The molecule has 0 heteroatoms. The molecule has 0 N–H and O–H groups in total. The van der Waals surface area contributed by atoms with E-state index in [4.69, 9.17) is 0 Å². The molecule has 0 fully saturated rings. The molecule has 0 radical (unpaired) electrons. The highest BCUT2D eigenvalue weighted by atomic mass is 14.5. The standard InChI is InChI=1S/C30H26/c1-15(2)25-27-17-9-5-6-10-18(17)28(25)22-14-24-23(13-21(22)27)29-19-11-7-8-12-20(19)30(24)26(29)16(3)4/h5-14,27-30H,1-4H3. The van der Waals surface area contributed by atoms with Crippen LogP contribution in [0.2, 0.25) is 0 Å². The van der Waals surface area contributed by atoms with Gasteiger partial charge in [-0.2, -0.15) is 0 Å². The second-order valence-electron chi connectivity index (χ2n) is 10.0. The van der Waals surface area contributed by atoms with Gasteiger partial charge in [0.25, 0.3) is 0 Å². The molecule has 0 heterocycles. The topological polar surface area (TPSA) is 0 Å². The summed E-state index contributed by atoms with van der Waals surface area (Å²) in [4.78, 5) is 0. The highest BCUT2D eigenvalue weighted by Gasteiger charge is 2.50. The second-order valence-corrected chi connectivity index (χ2v) is 10.0. The van der Waals surface area contributed by atoms with Crippen LogP contribution in [0.1, 0.15) is 95.9 Å². The molecule has 4 atom stereocenters. The number of rotatable bonds is 0. The van der Waals surface area contributed by atoms with Crippen LogP contribution in [0.25, 0.3) is 0 Å². The summed E-state index contributed by atoms with van der Waals surface area (Å²) >= 11 is 0. The van der Waals surface area contributed by atoms with Crippen molar-refractivity contribution in [3.63, 3.8) is 0 Å². The molecule has 30 heavy (non-hydrogen) atoms. The SMILES string of the molecule is CC(C)=C1C2c3ccccc3C1c1cc3c(cc12)C1C(=C(C)C)C3c2ccccc21. The van der Waals surface area contributed by atoms with E-state index < -0.39 is 0 Å². The molecule has 4 unspecified atom stereocenters. The number of hydrogen-bond acceptors (Lipinski definition) is 0. The first-order chi connectivity index (χ1) is 14.6.